The fourth-order valence-corrected chi connectivity index (χ4v) is 3.61. The van der Waals surface area contributed by atoms with Crippen LogP contribution in [0.25, 0.3) is 0 Å². The molecule has 7 heteroatoms. The Balaban J connectivity index is 2.11. The van der Waals surface area contributed by atoms with E-state index in [1.165, 1.54) is 0 Å². The third kappa shape index (κ3) is 4.00. The average Bonchev–Trinajstić information content (AvgIpc) is 2.54. The molecule has 25 heavy (non-hydrogen) atoms. The molecule has 1 fully saturated rings. The number of hydrogen-bond donors (Lipinski definition) is 3. The van der Waals surface area contributed by atoms with Crippen molar-refractivity contribution in [3.63, 3.8) is 0 Å². The Morgan fingerprint density at radius 1 is 1.20 bits per heavy atom. The Kier molecular flexibility index (Phi) is 5.82. The molecule has 0 radical (unpaired) electrons. The number of benzene rings is 1. The number of carboxylic acids is 1. The van der Waals surface area contributed by atoms with Gasteiger partial charge in [0, 0.05) is 6.42 Å². The summed E-state index contributed by atoms with van der Waals surface area (Å²) in [5.74, 6) is -1.07. The molecule has 1 aromatic carbocycles. The molecule has 0 aliphatic carbocycles. The molecular formula is C18H27N2O5+. The number of hydroxylamine groups is 1. The quantitative estimate of drug-likeness (QED) is 0.557. The molecule has 1 aliphatic heterocycles. The summed E-state index contributed by atoms with van der Waals surface area (Å²) in [6.45, 7) is 5.83. The van der Waals surface area contributed by atoms with Gasteiger partial charge in [-0.1, -0.05) is 30.3 Å². The highest BCUT2D eigenvalue weighted by Crippen LogP contribution is 2.36. The van der Waals surface area contributed by atoms with E-state index >= 15 is 0 Å². The predicted molar refractivity (Wildman–Crippen MR) is 91.7 cm³/mol. The fraction of sp³-hybridized carbons (Fsp3) is 0.556. The first-order valence-corrected chi connectivity index (χ1v) is 8.44. The Hall–Kier alpha value is -1.96. The van der Waals surface area contributed by atoms with Crippen LogP contribution in [0.4, 0.5) is 4.79 Å². The molecule has 138 valence electrons. The molecule has 0 spiro atoms. The van der Waals surface area contributed by atoms with Gasteiger partial charge in [0.2, 0.25) is 0 Å². The topological polar surface area (TPSA) is 95.9 Å². The normalized spacial score (nSPS) is 27.0. The second-order valence-corrected chi connectivity index (χ2v) is 7.53. The van der Waals surface area contributed by atoms with E-state index in [2.05, 4.69) is 5.48 Å². The van der Waals surface area contributed by atoms with Gasteiger partial charge in [0.15, 0.2) is 6.04 Å². The van der Waals surface area contributed by atoms with Gasteiger partial charge in [-0.15, -0.1) is 0 Å². The smallest absolute Gasteiger partial charge is 0.477 e. The number of hydrogen-bond acceptors (Lipinski definition) is 4. The Labute approximate surface area is 147 Å². The minimum Gasteiger partial charge on any atom is -0.477 e. The summed E-state index contributed by atoms with van der Waals surface area (Å²) < 4.78 is -0.519. The number of likely N-dealkylation sites (tertiary alicyclic amines) is 1. The van der Waals surface area contributed by atoms with Crippen molar-refractivity contribution in [2.24, 2.45) is 0 Å². The highest BCUT2D eigenvalue weighted by atomic mass is 16.6. The van der Waals surface area contributed by atoms with E-state index in [9.17, 15) is 19.8 Å². The maximum atomic E-state index is 12.1. The summed E-state index contributed by atoms with van der Waals surface area (Å²) in [6.07, 6.45) is -0.283. The highest BCUT2D eigenvalue weighted by Gasteiger charge is 2.59. The monoisotopic (exact) mass is 351 g/mol. The lowest BCUT2D eigenvalue weighted by molar-refractivity contribution is -0.924. The summed E-state index contributed by atoms with van der Waals surface area (Å²) in [5.41, 5.74) is 3.19. The number of nitrogens with zero attached hydrogens (tertiary/aromatic N) is 1. The second-order valence-electron chi connectivity index (χ2n) is 7.53. The Morgan fingerprint density at radius 2 is 1.84 bits per heavy atom. The highest BCUT2D eigenvalue weighted by molar-refractivity contribution is 5.75. The molecule has 2 rings (SSSR count). The van der Waals surface area contributed by atoms with Gasteiger partial charge in [-0.2, -0.15) is 10.3 Å². The lowest BCUT2D eigenvalue weighted by atomic mass is 9.88. The summed E-state index contributed by atoms with van der Waals surface area (Å²) in [6, 6.07) is 8.45. The van der Waals surface area contributed by atoms with E-state index < -0.39 is 28.1 Å². The van der Waals surface area contributed by atoms with Crippen LogP contribution in [0.15, 0.2) is 30.3 Å². The molecule has 1 heterocycles. The van der Waals surface area contributed by atoms with E-state index in [0.717, 1.165) is 5.56 Å². The van der Waals surface area contributed by atoms with Crippen molar-refractivity contribution >= 4 is 12.1 Å². The summed E-state index contributed by atoms with van der Waals surface area (Å²) in [7, 11) is 0. The first-order valence-electron chi connectivity index (χ1n) is 8.44. The lowest BCUT2D eigenvalue weighted by Crippen LogP contribution is -2.75. The standard InChI is InChI=1S/C18H26N2O5/c1-18(2,3)20(17(23)24)11-14(9-10-15(20)16(21)22)19-25-12-13-7-5-4-6-8-13/h4-8,14-15,19H,9-12H2,1-3H3,(H-,21,22,23,24)/p+1/t14-,15+,20?/m1/s1. The zero-order valence-corrected chi connectivity index (χ0v) is 14.9. The first kappa shape index (κ1) is 19.4. The van der Waals surface area contributed by atoms with Crippen LogP contribution in [0.2, 0.25) is 0 Å². The molecule has 1 aliphatic rings. The Bertz CT molecular complexity index is 614. The van der Waals surface area contributed by atoms with E-state index in [-0.39, 0.29) is 19.0 Å². The number of carbonyl (C=O) groups is 2. The predicted octanol–water partition coefficient (Wildman–Crippen LogP) is 2.62. The van der Waals surface area contributed by atoms with Crippen molar-refractivity contribution in [2.75, 3.05) is 6.54 Å². The van der Waals surface area contributed by atoms with E-state index in [1.807, 2.05) is 30.3 Å². The number of piperidine rings is 1. The molecule has 0 saturated carbocycles. The van der Waals surface area contributed by atoms with Gasteiger partial charge in [-0.05, 0) is 32.8 Å². The average molecular weight is 351 g/mol. The zero-order chi connectivity index (χ0) is 18.7. The molecule has 3 atom stereocenters. The summed E-state index contributed by atoms with van der Waals surface area (Å²) in [4.78, 5) is 29.4. The molecule has 7 nitrogen and oxygen atoms in total. The summed E-state index contributed by atoms with van der Waals surface area (Å²) in [5, 5.41) is 19.5. The van der Waals surface area contributed by atoms with Crippen molar-refractivity contribution in [1.29, 1.82) is 0 Å². The molecule has 0 bridgehead atoms. The van der Waals surface area contributed by atoms with Crippen LogP contribution in [0.5, 0.6) is 0 Å². The number of quaternary nitrogens is 1. The van der Waals surface area contributed by atoms with Crippen LogP contribution in [-0.2, 0) is 16.2 Å². The van der Waals surface area contributed by atoms with Crippen molar-refractivity contribution < 1.29 is 29.1 Å². The van der Waals surface area contributed by atoms with Crippen LogP contribution in [0, 0.1) is 0 Å². The second kappa shape index (κ2) is 7.51. The minimum atomic E-state index is -1.12. The minimum absolute atomic E-state index is 0.157. The SMILES string of the molecule is CC(C)(C)[N+]1(C(=O)O)C[C@H](NOCc2ccccc2)CC[C@H]1C(=O)O. The van der Waals surface area contributed by atoms with Crippen LogP contribution < -0.4 is 5.48 Å². The maximum Gasteiger partial charge on any atom is 0.514 e. The third-order valence-corrected chi connectivity index (χ3v) is 4.98. The fourth-order valence-electron chi connectivity index (χ4n) is 3.61. The molecular weight excluding hydrogens is 324 g/mol. The first-order chi connectivity index (χ1) is 11.7. The van der Waals surface area contributed by atoms with E-state index in [0.29, 0.717) is 13.0 Å². The van der Waals surface area contributed by atoms with Gasteiger partial charge in [0.25, 0.3) is 0 Å². The van der Waals surface area contributed by atoms with E-state index in [1.54, 1.807) is 20.8 Å². The summed E-state index contributed by atoms with van der Waals surface area (Å²) >= 11 is 0. The van der Waals surface area contributed by atoms with Crippen molar-refractivity contribution in [3.8, 4) is 0 Å². The van der Waals surface area contributed by atoms with Crippen LogP contribution in [0.1, 0.15) is 39.2 Å². The van der Waals surface area contributed by atoms with Crippen LogP contribution in [0.3, 0.4) is 0 Å². The van der Waals surface area contributed by atoms with Gasteiger partial charge in [-0.3, -0.25) is 4.84 Å². The largest absolute Gasteiger partial charge is 0.514 e. The van der Waals surface area contributed by atoms with E-state index in [4.69, 9.17) is 4.84 Å². The number of aliphatic carboxylic acids is 1. The molecule has 1 saturated heterocycles. The van der Waals surface area contributed by atoms with Crippen molar-refractivity contribution in [3.05, 3.63) is 35.9 Å². The van der Waals surface area contributed by atoms with Gasteiger partial charge in [0.1, 0.15) is 12.1 Å². The van der Waals surface area contributed by atoms with Gasteiger partial charge < -0.3 is 10.2 Å². The number of nitrogens with one attached hydrogen (secondary N) is 1. The molecule has 1 unspecified atom stereocenters. The van der Waals surface area contributed by atoms with Gasteiger partial charge >= 0.3 is 12.1 Å². The van der Waals surface area contributed by atoms with Crippen molar-refractivity contribution in [2.45, 2.75) is 57.8 Å². The molecule has 3 N–H and O–H groups in total. The number of carboxylic acid groups (broad SMARTS) is 2. The Morgan fingerprint density at radius 3 is 2.36 bits per heavy atom. The third-order valence-electron chi connectivity index (χ3n) is 4.98. The lowest BCUT2D eigenvalue weighted by Gasteiger charge is -2.51. The maximum absolute atomic E-state index is 12.1. The van der Waals surface area contributed by atoms with Gasteiger partial charge in [0.05, 0.1) is 12.6 Å². The zero-order valence-electron chi connectivity index (χ0n) is 14.9. The van der Waals surface area contributed by atoms with Crippen molar-refractivity contribution in [1.82, 2.24) is 5.48 Å². The number of amides is 1. The van der Waals surface area contributed by atoms with Crippen LogP contribution in [-0.4, -0.2) is 50.9 Å². The molecule has 0 aromatic heterocycles. The van der Waals surface area contributed by atoms with Crippen LogP contribution >= 0.6 is 0 Å². The number of rotatable bonds is 5. The molecule has 1 amide bonds. The van der Waals surface area contributed by atoms with Gasteiger partial charge in [-0.25, -0.2) is 9.28 Å². The molecule has 1 aromatic rings.